The van der Waals surface area contributed by atoms with E-state index in [1.165, 1.54) is 11.8 Å². The molecule has 0 N–H and O–H groups in total. The van der Waals surface area contributed by atoms with E-state index in [9.17, 15) is 4.79 Å². The Kier molecular flexibility index (Phi) is 5.44. The second kappa shape index (κ2) is 7.39. The number of hydrogen-bond acceptors (Lipinski definition) is 4. The zero-order chi connectivity index (χ0) is 17.3. The standard InChI is InChI=1S/C17H11Br2NO2S2/c1-22-14-6-5-12(19)7-10(14)8-15-16(21)20(17(23)24-15)13-4-2-3-11(18)9-13/h2-9H,1H3. The van der Waals surface area contributed by atoms with E-state index in [1.54, 1.807) is 18.1 Å². The Balaban J connectivity index is 1.99. The van der Waals surface area contributed by atoms with Gasteiger partial charge in [-0.3, -0.25) is 9.69 Å². The molecule has 1 heterocycles. The molecule has 2 aromatic carbocycles. The number of carbonyl (C=O) groups excluding carboxylic acids is 1. The van der Waals surface area contributed by atoms with Gasteiger partial charge in [-0.1, -0.05) is 61.9 Å². The van der Waals surface area contributed by atoms with Gasteiger partial charge in [0.2, 0.25) is 0 Å². The average molecular weight is 485 g/mol. The molecule has 0 radical (unpaired) electrons. The lowest BCUT2D eigenvalue weighted by molar-refractivity contribution is -0.113. The maximum atomic E-state index is 12.8. The summed E-state index contributed by atoms with van der Waals surface area (Å²) in [6.45, 7) is 0. The highest BCUT2D eigenvalue weighted by Crippen LogP contribution is 2.38. The lowest BCUT2D eigenvalue weighted by Gasteiger charge is -2.14. The van der Waals surface area contributed by atoms with Crippen molar-refractivity contribution in [3.63, 3.8) is 0 Å². The fraction of sp³-hybridized carbons (Fsp3) is 0.0588. The molecule has 1 saturated heterocycles. The third-order valence-electron chi connectivity index (χ3n) is 3.34. The molecule has 24 heavy (non-hydrogen) atoms. The maximum Gasteiger partial charge on any atom is 0.270 e. The number of thiocarbonyl (C=S) groups is 1. The number of carbonyl (C=O) groups is 1. The molecule has 1 aliphatic heterocycles. The normalized spacial score (nSPS) is 16.1. The van der Waals surface area contributed by atoms with Gasteiger partial charge in [-0.05, 0) is 42.5 Å². The molecule has 122 valence electrons. The van der Waals surface area contributed by atoms with Crippen molar-refractivity contribution >= 4 is 77.8 Å². The Labute approximate surface area is 166 Å². The number of methoxy groups -OCH3 is 1. The number of hydrogen-bond donors (Lipinski definition) is 0. The van der Waals surface area contributed by atoms with Gasteiger partial charge in [0.25, 0.3) is 5.91 Å². The summed E-state index contributed by atoms with van der Waals surface area (Å²) in [6.07, 6.45) is 1.81. The Hall–Kier alpha value is -1.15. The Bertz CT molecular complexity index is 867. The number of ether oxygens (including phenoxy) is 1. The maximum absolute atomic E-state index is 12.8. The van der Waals surface area contributed by atoms with Crippen LogP contribution in [0.3, 0.4) is 0 Å². The van der Waals surface area contributed by atoms with Gasteiger partial charge in [0.05, 0.1) is 17.7 Å². The summed E-state index contributed by atoms with van der Waals surface area (Å²) in [5, 5.41) is 0. The highest BCUT2D eigenvalue weighted by molar-refractivity contribution is 9.10. The minimum Gasteiger partial charge on any atom is -0.496 e. The van der Waals surface area contributed by atoms with Crippen LogP contribution < -0.4 is 9.64 Å². The molecule has 0 aromatic heterocycles. The Morgan fingerprint density at radius 1 is 1.17 bits per heavy atom. The molecule has 1 fully saturated rings. The third-order valence-corrected chi connectivity index (χ3v) is 5.63. The number of nitrogens with zero attached hydrogens (tertiary/aromatic N) is 1. The zero-order valence-corrected chi connectivity index (χ0v) is 17.3. The molecule has 0 unspecified atom stereocenters. The van der Waals surface area contributed by atoms with E-state index in [-0.39, 0.29) is 5.91 Å². The topological polar surface area (TPSA) is 29.5 Å². The van der Waals surface area contributed by atoms with Crippen LogP contribution in [0, 0.1) is 0 Å². The molecule has 1 amide bonds. The van der Waals surface area contributed by atoms with Gasteiger partial charge >= 0.3 is 0 Å². The summed E-state index contributed by atoms with van der Waals surface area (Å²) in [6, 6.07) is 13.2. The van der Waals surface area contributed by atoms with Crippen molar-refractivity contribution in [3.8, 4) is 5.75 Å². The van der Waals surface area contributed by atoms with Crippen LogP contribution in [0.1, 0.15) is 5.56 Å². The van der Waals surface area contributed by atoms with E-state index in [4.69, 9.17) is 17.0 Å². The van der Waals surface area contributed by atoms with Crippen molar-refractivity contribution in [1.82, 2.24) is 0 Å². The van der Waals surface area contributed by atoms with Crippen molar-refractivity contribution in [2.24, 2.45) is 0 Å². The van der Waals surface area contributed by atoms with Crippen LogP contribution in [-0.4, -0.2) is 17.3 Å². The van der Waals surface area contributed by atoms with Gasteiger partial charge in [-0.15, -0.1) is 0 Å². The van der Waals surface area contributed by atoms with Crippen LogP contribution in [0.2, 0.25) is 0 Å². The van der Waals surface area contributed by atoms with E-state index in [0.29, 0.717) is 15.0 Å². The molecule has 3 nitrogen and oxygen atoms in total. The van der Waals surface area contributed by atoms with Crippen LogP contribution in [0.25, 0.3) is 6.08 Å². The number of halogens is 2. The number of thioether (sulfide) groups is 1. The quantitative estimate of drug-likeness (QED) is 0.417. The highest BCUT2D eigenvalue weighted by atomic mass is 79.9. The lowest BCUT2D eigenvalue weighted by atomic mass is 10.2. The van der Waals surface area contributed by atoms with Crippen LogP contribution in [0.5, 0.6) is 5.75 Å². The van der Waals surface area contributed by atoms with E-state index >= 15 is 0 Å². The van der Waals surface area contributed by atoms with Gasteiger partial charge in [-0.2, -0.15) is 0 Å². The molecule has 1 aliphatic rings. The second-order valence-electron chi connectivity index (χ2n) is 4.88. The summed E-state index contributed by atoms with van der Waals surface area (Å²) >= 11 is 13.5. The van der Waals surface area contributed by atoms with Gasteiger partial charge in [-0.25, -0.2) is 0 Å². The number of rotatable bonds is 3. The van der Waals surface area contributed by atoms with Crippen LogP contribution in [-0.2, 0) is 4.79 Å². The molecule has 0 spiro atoms. The predicted molar refractivity (Wildman–Crippen MR) is 110 cm³/mol. The fourth-order valence-electron chi connectivity index (χ4n) is 2.26. The first-order valence-electron chi connectivity index (χ1n) is 6.86. The molecule has 2 aromatic rings. The first-order chi connectivity index (χ1) is 11.5. The SMILES string of the molecule is COc1ccc(Br)cc1C=C1SC(=S)N(c2cccc(Br)c2)C1=O. The highest BCUT2D eigenvalue weighted by Gasteiger charge is 2.33. The number of anilines is 1. The largest absolute Gasteiger partial charge is 0.496 e. The molecule has 3 rings (SSSR count). The number of amides is 1. The summed E-state index contributed by atoms with van der Waals surface area (Å²) < 4.78 is 7.68. The van der Waals surface area contributed by atoms with Gasteiger partial charge < -0.3 is 4.74 Å². The summed E-state index contributed by atoms with van der Waals surface area (Å²) in [4.78, 5) is 14.9. The molecule has 0 aliphatic carbocycles. The van der Waals surface area contributed by atoms with E-state index in [2.05, 4.69) is 31.9 Å². The molecular weight excluding hydrogens is 474 g/mol. The number of benzene rings is 2. The average Bonchev–Trinajstić information content (AvgIpc) is 2.81. The molecule has 0 atom stereocenters. The predicted octanol–water partition coefficient (Wildman–Crippen LogP) is 5.63. The third kappa shape index (κ3) is 3.59. The van der Waals surface area contributed by atoms with Crippen molar-refractivity contribution in [1.29, 1.82) is 0 Å². The zero-order valence-electron chi connectivity index (χ0n) is 12.5. The Morgan fingerprint density at radius 3 is 2.62 bits per heavy atom. The van der Waals surface area contributed by atoms with Crippen molar-refractivity contribution < 1.29 is 9.53 Å². The fourth-order valence-corrected chi connectivity index (χ4v) is 4.32. The van der Waals surface area contributed by atoms with E-state index < -0.39 is 0 Å². The summed E-state index contributed by atoms with van der Waals surface area (Å²) in [7, 11) is 1.60. The van der Waals surface area contributed by atoms with Crippen molar-refractivity contribution in [3.05, 3.63) is 61.9 Å². The minimum atomic E-state index is -0.134. The molecule has 7 heteroatoms. The van der Waals surface area contributed by atoms with Crippen molar-refractivity contribution in [2.45, 2.75) is 0 Å². The lowest BCUT2D eigenvalue weighted by Crippen LogP contribution is -2.27. The van der Waals surface area contributed by atoms with Crippen LogP contribution >= 0.6 is 55.8 Å². The summed E-state index contributed by atoms with van der Waals surface area (Å²) in [5.74, 6) is 0.566. The van der Waals surface area contributed by atoms with Crippen LogP contribution in [0.4, 0.5) is 5.69 Å². The molecular formula is C17H11Br2NO2S2. The van der Waals surface area contributed by atoms with Gasteiger partial charge in [0.15, 0.2) is 4.32 Å². The van der Waals surface area contributed by atoms with Gasteiger partial charge in [0.1, 0.15) is 5.75 Å². The smallest absolute Gasteiger partial charge is 0.270 e. The van der Waals surface area contributed by atoms with E-state index in [0.717, 1.165) is 20.2 Å². The Morgan fingerprint density at radius 2 is 1.92 bits per heavy atom. The monoisotopic (exact) mass is 483 g/mol. The molecule has 0 saturated carbocycles. The molecule has 0 bridgehead atoms. The van der Waals surface area contributed by atoms with E-state index in [1.807, 2.05) is 42.5 Å². The van der Waals surface area contributed by atoms with Crippen molar-refractivity contribution in [2.75, 3.05) is 12.0 Å². The summed E-state index contributed by atoms with van der Waals surface area (Å²) in [5.41, 5.74) is 1.57. The first-order valence-corrected chi connectivity index (χ1v) is 9.68. The first kappa shape index (κ1) is 17.7. The van der Waals surface area contributed by atoms with Crippen LogP contribution in [0.15, 0.2) is 56.3 Å². The van der Waals surface area contributed by atoms with Gasteiger partial charge in [0, 0.05) is 14.5 Å². The minimum absolute atomic E-state index is 0.134. The second-order valence-corrected chi connectivity index (χ2v) is 8.39.